The third kappa shape index (κ3) is 3.36. The molecule has 0 fully saturated rings. The molecule has 1 aromatic rings. The van der Waals surface area contributed by atoms with Crippen LogP contribution in [-0.2, 0) is 4.57 Å². The van der Waals surface area contributed by atoms with Crippen LogP contribution < -0.4 is 0 Å². The molecule has 0 saturated heterocycles. The van der Waals surface area contributed by atoms with Crippen molar-refractivity contribution in [3.8, 4) is 12.1 Å². The molecule has 8 nitrogen and oxygen atoms in total. The van der Waals surface area contributed by atoms with Gasteiger partial charge in [-0.3, -0.25) is 14.7 Å². The van der Waals surface area contributed by atoms with Crippen molar-refractivity contribution in [3.05, 3.63) is 39.9 Å². The minimum absolute atomic E-state index is 0.00651. The Bertz CT molecular complexity index is 596. The van der Waals surface area contributed by atoms with E-state index in [1.54, 1.807) is 0 Å². The fraction of sp³-hybridized carbons (Fsp3) is 0.200. The first-order chi connectivity index (χ1) is 8.81. The summed E-state index contributed by atoms with van der Waals surface area (Å²) in [7, 11) is -4.74. The van der Waals surface area contributed by atoms with Gasteiger partial charge in [-0.15, -0.1) is 0 Å². The van der Waals surface area contributed by atoms with E-state index < -0.39 is 24.1 Å². The number of non-ortho nitro benzene ring substituents is 1. The van der Waals surface area contributed by atoms with Crippen LogP contribution in [0.3, 0.4) is 0 Å². The van der Waals surface area contributed by atoms with Gasteiger partial charge < -0.3 is 9.79 Å². The van der Waals surface area contributed by atoms with Crippen molar-refractivity contribution in [2.24, 2.45) is 5.92 Å². The fourth-order valence-corrected chi connectivity index (χ4v) is 2.63. The Morgan fingerprint density at radius 3 is 2.00 bits per heavy atom. The Balaban J connectivity index is 3.28. The zero-order valence-electron chi connectivity index (χ0n) is 9.37. The third-order valence-electron chi connectivity index (χ3n) is 2.40. The molecule has 0 aliphatic carbocycles. The lowest BCUT2D eigenvalue weighted by molar-refractivity contribution is -0.384. The molecule has 0 heterocycles. The summed E-state index contributed by atoms with van der Waals surface area (Å²) >= 11 is 0. The quantitative estimate of drug-likeness (QED) is 0.482. The Hall–Kier alpha value is -2.25. The molecule has 0 saturated carbocycles. The van der Waals surface area contributed by atoms with Gasteiger partial charge >= 0.3 is 7.60 Å². The highest BCUT2D eigenvalue weighted by Gasteiger charge is 2.38. The van der Waals surface area contributed by atoms with Crippen molar-refractivity contribution in [2.75, 3.05) is 0 Å². The average Bonchev–Trinajstić information content (AvgIpc) is 2.34. The van der Waals surface area contributed by atoms with E-state index in [9.17, 15) is 24.5 Å². The van der Waals surface area contributed by atoms with Crippen LogP contribution in [0, 0.1) is 38.7 Å². The van der Waals surface area contributed by atoms with Gasteiger partial charge in [-0.1, -0.05) is 12.1 Å². The summed E-state index contributed by atoms with van der Waals surface area (Å²) in [6.07, 6.45) is 0. The molecule has 1 atom stereocenters. The second-order valence-corrected chi connectivity index (χ2v) is 5.35. The molecule has 2 N–H and O–H groups in total. The minimum Gasteiger partial charge on any atom is -0.324 e. The van der Waals surface area contributed by atoms with Crippen LogP contribution in [0.4, 0.5) is 5.69 Å². The average molecular weight is 281 g/mol. The monoisotopic (exact) mass is 281 g/mol. The zero-order chi connectivity index (χ0) is 14.6. The van der Waals surface area contributed by atoms with Crippen LogP contribution in [-0.4, -0.2) is 14.7 Å². The first kappa shape index (κ1) is 14.8. The summed E-state index contributed by atoms with van der Waals surface area (Å²) in [5, 5.41) is 28.0. The van der Waals surface area contributed by atoms with E-state index in [1.807, 2.05) is 0 Å². The maximum Gasteiger partial charge on any atom is 0.335 e. The van der Waals surface area contributed by atoms with E-state index in [1.165, 1.54) is 12.1 Å². The molecule has 0 aliphatic rings. The van der Waals surface area contributed by atoms with Crippen molar-refractivity contribution >= 4 is 13.3 Å². The van der Waals surface area contributed by atoms with Gasteiger partial charge in [-0.2, -0.15) is 10.5 Å². The highest BCUT2D eigenvalue weighted by atomic mass is 31.2. The lowest BCUT2D eigenvalue weighted by atomic mass is 10.0. The highest BCUT2D eigenvalue weighted by molar-refractivity contribution is 7.52. The van der Waals surface area contributed by atoms with Crippen molar-refractivity contribution in [1.29, 1.82) is 10.5 Å². The Labute approximate surface area is 107 Å². The lowest BCUT2D eigenvalue weighted by Gasteiger charge is -2.18. The minimum atomic E-state index is -4.74. The molecule has 0 spiro atoms. The summed E-state index contributed by atoms with van der Waals surface area (Å²) in [4.78, 5) is 28.2. The van der Waals surface area contributed by atoms with Crippen LogP contribution in [0.2, 0.25) is 0 Å². The topological polar surface area (TPSA) is 148 Å². The second-order valence-electron chi connectivity index (χ2n) is 3.62. The summed E-state index contributed by atoms with van der Waals surface area (Å²) in [6, 6.07) is 7.39. The largest absolute Gasteiger partial charge is 0.335 e. The van der Waals surface area contributed by atoms with Crippen molar-refractivity contribution < 1.29 is 19.3 Å². The van der Waals surface area contributed by atoms with E-state index in [0.717, 1.165) is 24.3 Å². The number of rotatable bonds is 4. The Morgan fingerprint density at radius 2 is 1.68 bits per heavy atom. The fourth-order valence-electron chi connectivity index (χ4n) is 1.54. The van der Waals surface area contributed by atoms with Gasteiger partial charge in [0.2, 0.25) is 0 Å². The number of hydrogen-bond acceptors (Lipinski definition) is 5. The predicted molar refractivity (Wildman–Crippen MR) is 62.6 cm³/mol. The Kier molecular flexibility index (Phi) is 4.36. The normalized spacial score (nSPS) is 12.5. The molecule has 0 bridgehead atoms. The van der Waals surface area contributed by atoms with E-state index in [-0.39, 0.29) is 11.3 Å². The number of benzene rings is 1. The maximum atomic E-state index is 11.4. The summed E-state index contributed by atoms with van der Waals surface area (Å²) in [5.74, 6) is -1.54. The first-order valence-electron chi connectivity index (χ1n) is 4.90. The van der Waals surface area contributed by atoms with E-state index in [0.29, 0.717) is 0 Å². The second kappa shape index (κ2) is 5.59. The van der Waals surface area contributed by atoms with Gasteiger partial charge in [-0.25, -0.2) is 0 Å². The summed E-state index contributed by atoms with van der Waals surface area (Å²) in [5.41, 5.74) is -1.87. The van der Waals surface area contributed by atoms with Crippen LogP contribution in [0.1, 0.15) is 11.2 Å². The Morgan fingerprint density at radius 1 is 1.21 bits per heavy atom. The van der Waals surface area contributed by atoms with E-state index in [4.69, 9.17) is 10.5 Å². The number of nitriles is 2. The summed E-state index contributed by atoms with van der Waals surface area (Å²) < 4.78 is 11.4. The number of nitro groups is 1. The van der Waals surface area contributed by atoms with Gasteiger partial charge in [0.25, 0.3) is 5.69 Å². The molecule has 0 amide bonds. The smallest absolute Gasteiger partial charge is 0.324 e. The van der Waals surface area contributed by atoms with Crippen LogP contribution in [0.15, 0.2) is 24.3 Å². The number of hydrogen-bond donors (Lipinski definition) is 2. The first-order valence-corrected chi connectivity index (χ1v) is 6.58. The molecule has 1 unspecified atom stereocenters. The van der Waals surface area contributed by atoms with Crippen molar-refractivity contribution in [3.63, 3.8) is 0 Å². The molecule has 1 rings (SSSR count). The van der Waals surface area contributed by atoms with Gasteiger partial charge in [-0.05, 0) is 5.56 Å². The van der Waals surface area contributed by atoms with Gasteiger partial charge in [0, 0.05) is 12.1 Å². The van der Waals surface area contributed by atoms with E-state index in [2.05, 4.69) is 0 Å². The van der Waals surface area contributed by atoms with Gasteiger partial charge in [0.05, 0.1) is 17.1 Å². The molecule has 1 aromatic carbocycles. The summed E-state index contributed by atoms with van der Waals surface area (Å²) in [6.45, 7) is 0. The predicted octanol–water partition coefficient (Wildman–Crippen LogP) is 1.48. The standard InChI is InChI=1S/C10H8N3O5P/c11-5-8(6-12)10(19(16,17)18)7-1-3-9(4-2-7)13(14)15/h1-4,8,10H,(H2,16,17,18). The lowest BCUT2D eigenvalue weighted by Crippen LogP contribution is -2.10. The van der Waals surface area contributed by atoms with Crippen LogP contribution in [0.25, 0.3) is 0 Å². The SMILES string of the molecule is N#CC(C#N)C(c1ccc([N+](=O)[O-])cc1)P(=O)(O)O. The highest BCUT2D eigenvalue weighted by Crippen LogP contribution is 2.55. The van der Waals surface area contributed by atoms with Gasteiger partial charge in [0.1, 0.15) is 5.66 Å². The van der Waals surface area contributed by atoms with Crippen molar-refractivity contribution in [2.45, 2.75) is 5.66 Å². The van der Waals surface area contributed by atoms with Crippen molar-refractivity contribution in [1.82, 2.24) is 0 Å². The third-order valence-corrected chi connectivity index (χ3v) is 3.72. The molecule has 0 aliphatic heterocycles. The molecule has 0 aromatic heterocycles. The molecule has 98 valence electrons. The van der Waals surface area contributed by atoms with Crippen LogP contribution in [0.5, 0.6) is 0 Å². The van der Waals surface area contributed by atoms with Gasteiger partial charge in [0.15, 0.2) is 5.92 Å². The number of nitrogens with zero attached hydrogens (tertiary/aromatic N) is 3. The molecule has 9 heteroatoms. The molecular weight excluding hydrogens is 273 g/mol. The molecule has 19 heavy (non-hydrogen) atoms. The van der Waals surface area contributed by atoms with E-state index >= 15 is 0 Å². The maximum absolute atomic E-state index is 11.4. The molecule has 0 radical (unpaired) electrons. The van der Waals surface area contributed by atoms with Crippen LogP contribution >= 0.6 is 7.60 Å². The zero-order valence-corrected chi connectivity index (χ0v) is 10.3. The molecular formula is C10H8N3O5P. The number of nitro benzene ring substituents is 1.